The normalized spacial score (nSPS) is 23.9. The average Bonchev–Trinajstić information content (AvgIpc) is 2.75. The van der Waals surface area contributed by atoms with Crippen molar-refractivity contribution in [2.24, 2.45) is 5.92 Å². The van der Waals surface area contributed by atoms with Gasteiger partial charge in [0.05, 0.1) is 0 Å². The lowest BCUT2D eigenvalue weighted by Gasteiger charge is -2.37. The van der Waals surface area contributed by atoms with Crippen molar-refractivity contribution in [3.8, 4) is 0 Å². The number of anilines is 2. The van der Waals surface area contributed by atoms with Crippen LogP contribution in [0.1, 0.15) is 32.1 Å². The number of nitrogens with one attached hydrogen (secondary N) is 1. The molecule has 2 fully saturated rings. The highest BCUT2D eigenvalue weighted by atomic mass is 15.3. The van der Waals surface area contributed by atoms with Crippen LogP contribution in [0.25, 0.3) is 0 Å². The SMILES string of the molecule is c1ccc(N2CCN(CC[C@H]3CC[C@H](Nc4ccncn4)CC3)CC2)cc1. The molecule has 0 spiro atoms. The third-order valence-electron chi connectivity index (χ3n) is 6.13. The second-order valence-corrected chi connectivity index (χ2v) is 7.91. The minimum absolute atomic E-state index is 0.575. The van der Waals surface area contributed by atoms with Gasteiger partial charge >= 0.3 is 0 Å². The van der Waals surface area contributed by atoms with E-state index in [4.69, 9.17) is 0 Å². The first kappa shape index (κ1) is 18.2. The maximum Gasteiger partial charge on any atom is 0.129 e. The highest BCUT2D eigenvalue weighted by molar-refractivity contribution is 5.46. The molecule has 2 heterocycles. The summed E-state index contributed by atoms with van der Waals surface area (Å²) >= 11 is 0. The minimum Gasteiger partial charge on any atom is -0.369 e. The van der Waals surface area contributed by atoms with Gasteiger partial charge in [-0.2, -0.15) is 0 Å². The molecule has 1 aromatic heterocycles. The molecule has 0 atom stereocenters. The van der Waals surface area contributed by atoms with Gasteiger partial charge in [-0.1, -0.05) is 18.2 Å². The van der Waals surface area contributed by atoms with Crippen molar-refractivity contribution in [2.45, 2.75) is 38.1 Å². The summed E-state index contributed by atoms with van der Waals surface area (Å²) in [5.74, 6) is 1.85. The number of piperazine rings is 1. The Morgan fingerprint density at radius 1 is 0.926 bits per heavy atom. The summed E-state index contributed by atoms with van der Waals surface area (Å²) in [5.41, 5.74) is 1.37. The quantitative estimate of drug-likeness (QED) is 0.846. The van der Waals surface area contributed by atoms with Crippen molar-refractivity contribution >= 4 is 11.5 Å². The van der Waals surface area contributed by atoms with Gasteiger partial charge in [0, 0.05) is 44.1 Å². The van der Waals surface area contributed by atoms with Crippen molar-refractivity contribution in [2.75, 3.05) is 42.9 Å². The van der Waals surface area contributed by atoms with Crippen LogP contribution in [0.2, 0.25) is 0 Å². The minimum atomic E-state index is 0.575. The second kappa shape index (κ2) is 9.18. The molecule has 1 saturated heterocycles. The van der Waals surface area contributed by atoms with Gasteiger partial charge in [-0.25, -0.2) is 9.97 Å². The summed E-state index contributed by atoms with van der Waals surface area (Å²) < 4.78 is 0. The Morgan fingerprint density at radius 3 is 2.41 bits per heavy atom. The molecule has 1 saturated carbocycles. The van der Waals surface area contributed by atoms with Gasteiger partial charge in [-0.05, 0) is 62.8 Å². The van der Waals surface area contributed by atoms with Crippen LogP contribution in [0, 0.1) is 5.92 Å². The fraction of sp³-hybridized carbons (Fsp3) is 0.545. The van der Waals surface area contributed by atoms with Gasteiger partial charge in [0.25, 0.3) is 0 Å². The number of nitrogens with zero attached hydrogens (tertiary/aromatic N) is 4. The first-order chi connectivity index (χ1) is 13.4. The predicted molar refractivity (Wildman–Crippen MR) is 111 cm³/mol. The van der Waals surface area contributed by atoms with Crippen LogP contribution in [-0.2, 0) is 0 Å². The van der Waals surface area contributed by atoms with Gasteiger partial charge in [0.2, 0.25) is 0 Å². The lowest BCUT2D eigenvalue weighted by molar-refractivity contribution is 0.218. The second-order valence-electron chi connectivity index (χ2n) is 7.91. The first-order valence-corrected chi connectivity index (χ1v) is 10.4. The first-order valence-electron chi connectivity index (χ1n) is 10.4. The Balaban J connectivity index is 1.14. The summed E-state index contributed by atoms with van der Waals surface area (Å²) in [6.07, 6.45) is 9.97. The maximum atomic E-state index is 4.28. The van der Waals surface area contributed by atoms with Gasteiger partial charge in [-0.15, -0.1) is 0 Å². The van der Waals surface area contributed by atoms with E-state index in [-0.39, 0.29) is 0 Å². The lowest BCUT2D eigenvalue weighted by atomic mass is 9.84. The largest absolute Gasteiger partial charge is 0.369 e. The molecule has 2 aliphatic rings. The number of hydrogen-bond donors (Lipinski definition) is 1. The molecule has 0 radical (unpaired) electrons. The van der Waals surface area contributed by atoms with Gasteiger partial charge in [0.1, 0.15) is 12.1 Å². The number of aromatic nitrogens is 2. The van der Waals surface area contributed by atoms with Crippen LogP contribution in [0.5, 0.6) is 0 Å². The molecule has 0 bridgehead atoms. The molecule has 2 aromatic rings. The molecular formula is C22H31N5. The molecule has 4 rings (SSSR count). The molecule has 0 unspecified atom stereocenters. The van der Waals surface area contributed by atoms with Crippen molar-refractivity contribution in [1.29, 1.82) is 0 Å². The van der Waals surface area contributed by atoms with E-state index in [0.29, 0.717) is 6.04 Å². The van der Waals surface area contributed by atoms with E-state index < -0.39 is 0 Å². The van der Waals surface area contributed by atoms with Crippen LogP contribution in [0.3, 0.4) is 0 Å². The van der Waals surface area contributed by atoms with E-state index in [9.17, 15) is 0 Å². The highest BCUT2D eigenvalue weighted by Crippen LogP contribution is 2.28. The van der Waals surface area contributed by atoms with E-state index >= 15 is 0 Å². The summed E-state index contributed by atoms with van der Waals surface area (Å²) in [7, 11) is 0. The van der Waals surface area contributed by atoms with Crippen LogP contribution in [-0.4, -0.2) is 53.6 Å². The smallest absolute Gasteiger partial charge is 0.129 e. The van der Waals surface area contributed by atoms with E-state index in [1.807, 2.05) is 6.07 Å². The van der Waals surface area contributed by atoms with E-state index in [0.717, 1.165) is 24.8 Å². The standard InChI is InChI=1S/C22H31N5/c1-2-4-21(5-3-1)27-16-14-26(15-17-27)13-11-19-6-8-20(9-7-19)25-22-10-12-23-18-24-22/h1-5,10,12,18-20H,6-9,11,13-17H2,(H,23,24,25)/t19-,20-. The van der Waals surface area contributed by atoms with Crippen LogP contribution >= 0.6 is 0 Å². The number of rotatable bonds is 6. The van der Waals surface area contributed by atoms with Crippen molar-refractivity contribution < 1.29 is 0 Å². The average molecular weight is 366 g/mol. The van der Waals surface area contributed by atoms with Gasteiger partial charge in [-0.3, -0.25) is 4.90 Å². The Bertz CT molecular complexity index is 662. The molecule has 0 amide bonds. The van der Waals surface area contributed by atoms with E-state index in [2.05, 4.69) is 55.4 Å². The van der Waals surface area contributed by atoms with Gasteiger partial charge < -0.3 is 10.2 Å². The van der Waals surface area contributed by atoms with E-state index in [1.165, 1.54) is 57.4 Å². The Morgan fingerprint density at radius 2 is 1.70 bits per heavy atom. The van der Waals surface area contributed by atoms with Crippen molar-refractivity contribution in [3.63, 3.8) is 0 Å². The number of para-hydroxylation sites is 1. The maximum absolute atomic E-state index is 4.28. The molecule has 5 nitrogen and oxygen atoms in total. The Labute approximate surface area is 162 Å². The Hall–Kier alpha value is -2.14. The number of benzene rings is 1. The topological polar surface area (TPSA) is 44.3 Å². The van der Waals surface area contributed by atoms with Crippen LogP contribution in [0.15, 0.2) is 48.9 Å². The zero-order chi connectivity index (χ0) is 18.3. The van der Waals surface area contributed by atoms with Crippen molar-refractivity contribution in [1.82, 2.24) is 14.9 Å². The van der Waals surface area contributed by atoms with E-state index in [1.54, 1.807) is 12.5 Å². The highest BCUT2D eigenvalue weighted by Gasteiger charge is 2.23. The molecule has 1 aliphatic carbocycles. The summed E-state index contributed by atoms with van der Waals surface area (Å²) in [6.45, 7) is 5.95. The summed E-state index contributed by atoms with van der Waals surface area (Å²) in [4.78, 5) is 13.4. The van der Waals surface area contributed by atoms with Crippen molar-refractivity contribution in [3.05, 3.63) is 48.9 Å². The zero-order valence-electron chi connectivity index (χ0n) is 16.1. The number of hydrogen-bond acceptors (Lipinski definition) is 5. The molecular weight excluding hydrogens is 334 g/mol. The summed E-state index contributed by atoms with van der Waals surface area (Å²) in [5, 5.41) is 3.56. The molecule has 1 aromatic carbocycles. The molecule has 5 heteroatoms. The molecule has 27 heavy (non-hydrogen) atoms. The molecule has 1 aliphatic heterocycles. The van der Waals surface area contributed by atoms with Gasteiger partial charge in [0.15, 0.2) is 0 Å². The third-order valence-corrected chi connectivity index (χ3v) is 6.13. The van der Waals surface area contributed by atoms with Crippen LogP contribution < -0.4 is 10.2 Å². The summed E-state index contributed by atoms with van der Waals surface area (Å²) in [6, 6.07) is 13.4. The fourth-order valence-corrected chi connectivity index (χ4v) is 4.41. The lowest BCUT2D eigenvalue weighted by Crippen LogP contribution is -2.47. The monoisotopic (exact) mass is 365 g/mol. The third kappa shape index (κ3) is 5.19. The Kier molecular flexibility index (Phi) is 6.20. The molecule has 144 valence electrons. The zero-order valence-corrected chi connectivity index (χ0v) is 16.1. The molecule has 1 N–H and O–H groups in total. The predicted octanol–water partition coefficient (Wildman–Crippen LogP) is 3.66. The fourth-order valence-electron chi connectivity index (χ4n) is 4.41. The van der Waals surface area contributed by atoms with Crippen LogP contribution in [0.4, 0.5) is 11.5 Å².